The maximum absolute atomic E-state index is 5.21. The molecule has 0 atom stereocenters. The molecule has 0 amide bonds. The first-order valence-corrected chi connectivity index (χ1v) is 5.93. The van der Waals surface area contributed by atoms with E-state index in [1.165, 1.54) is 10.9 Å². The zero-order chi connectivity index (χ0) is 12.9. The maximum Gasteiger partial charge on any atom is 0.141 e. The average Bonchev–Trinajstić information content (AvgIpc) is 2.81. The van der Waals surface area contributed by atoms with Crippen molar-refractivity contribution in [1.82, 2.24) is 14.7 Å². The molecule has 0 radical (unpaired) electrons. The Morgan fingerprint density at radius 2 is 2.00 bits per heavy atom. The minimum absolute atomic E-state index is 0.835. The van der Waals surface area contributed by atoms with Crippen molar-refractivity contribution in [3.05, 3.63) is 35.5 Å². The molecule has 3 aromatic heterocycles. The summed E-state index contributed by atoms with van der Waals surface area (Å²) in [6, 6.07) is 2.16. The van der Waals surface area contributed by atoms with E-state index < -0.39 is 0 Å². The van der Waals surface area contributed by atoms with E-state index in [1.807, 2.05) is 31.7 Å². The van der Waals surface area contributed by atoms with Gasteiger partial charge in [0.05, 0.1) is 5.69 Å². The number of hydrogen-bond acceptors (Lipinski definition) is 3. The molecular weight excluding hydrogens is 226 g/mol. The highest BCUT2D eigenvalue weighted by Crippen LogP contribution is 2.29. The molecule has 0 unspecified atom stereocenters. The largest absolute Gasteiger partial charge is 0.361 e. The Hall–Kier alpha value is -2.10. The lowest BCUT2D eigenvalue weighted by Gasteiger charge is -2.01. The molecule has 3 aromatic rings. The second-order valence-corrected chi connectivity index (χ2v) is 4.72. The van der Waals surface area contributed by atoms with E-state index in [-0.39, 0.29) is 0 Å². The second-order valence-electron chi connectivity index (χ2n) is 4.72. The third-order valence-electron chi connectivity index (χ3n) is 3.33. The third-order valence-corrected chi connectivity index (χ3v) is 3.33. The Morgan fingerprint density at radius 3 is 2.67 bits per heavy atom. The smallest absolute Gasteiger partial charge is 0.141 e. The van der Waals surface area contributed by atoms with Crippen LogP contribution in [0.3, 0.4) is 0 Å². The fourth-order valence-corrected chi connectivity index (χ4v) is 2.48. The number of nitrogens with zero attached hydrogens (tertiary/aromatic N) is 3. The van der Waals surface area contributed by atoms with Crippen molar-refractivity contribution in [3.63, 3.8) is 0 Å². The Balaban J connectivity index is 2.29. The van der Waals surface area contributed by atoms with Crippen LogP contribution < -0.4 is 0 Å². The molecule has 92 valence electrons. The van der Waals surface area contributed by atoms with E-state index in [9.17, 15) is 0 Å². The van der Waals surface area contributed by atoms with E-state index >= 15 is 0 Å². The van der Waals surface area contributed by atoms with E-state index in [4.69, 9.17) is 4.52 Å². The third kappa shape index (κ3) is 1.45. The van der Waals surface area contributed by atoms with Gasteiger partial charge in [0, 0.05) is 36.0 Å². The number of aryl methyl sites for hydroxylation is 4. The highest BCUT2D eigenvalue weighted by atomic mass is 16.5. The highest BCUT2D eigenvalue weighted by Gasteiger charge is 2.13. The quantitative estimate of drug-likeness (QED) is 0.657. The second kappa shape index (κ2) is 3.70. The summed E-state index contributed by atoms with van der Waals surface area (Å²) in [7, 11) is 2.01. The van der Waals surface area contributed by atoms with E-state index in [0.717, 1.165) is 28.2 Å². The van der Waals surface area contributed by atoms with Gasteiger partial charge < -0.3 is 9.09 Å². The molecule has 0 fully saturated rings. The van der Waals surface area contributed by atoms with Gasteiger partial charge in [-0.3, -0.25) is 0 Å². The van der Waals surface area contributed by atoms with Gasteiger partial charge >= 0.3 is 0 Å². The minimum Gasteiger partial charge on any atom is -0.361 e. The maximum atomic E-state index is 5.21. The molecule has 0 aromatic carbocycles. The van der Waals surface area contributed by atoms with Crippen LogP contribution in [0.5, 0.6) is 0 Å². The van der Waals surface area contributed by atoms with Gasteiger partial charge in [0.25, 0.3) is 0 Å². The molecule has 3 rings (SSSR count). The van der Waals surface area contributed by atoms with E-state index in [2.05, 4.69) is 29.3 Å². The summed E-state index contributed by atoms with van der Waals surface area (Å²) in [4.78, 5) is 4.53. The molecule has 0 N–H and O–H groups in total. The van der Waals surface area contributed by atoms with Gasteiger partial charge in [-0.15, -0.1) is 0 Å². The lowest BCUT2D eigenvalue weighted by atomic mass is 10.0. The number of hydrogen-bond donors (Lipinski definition) is 0. The van der Waals surface area contributed by atoms with Crippen LogP contribution >= 0.6 is 0 Å². The van der Waals surface area contributed by atoms with Crippen LogP contribution in [0.15, 0.2) is 23.0 Å². The summed E-state index contributed by atoms with van der Waals surface area (Å²) < 4.78 is 7.26. The van der Waals surface area contributed by atoms with Crippen LogP contribution in [0, 0.1) is 20.8 Å². The fourth-order valence-electron chi connectivity index (χ4n) is 2.48. The molecule has 4 nitrogen and oxygen atoms in total. The van der Waals surface area contributed by atoms with Crippen molar-refractivity contribution in [2.24, 2.45) is 7.05 Å². The van der Waals surface area contributed by atoms with Crippen LogP contribution in [-0.4, -0.2) is 14.7 Å². The first kappa shape index (κ1) is 11.0. The lowest BCUT2D eigenvalue weighted by Crippen LogP contribution is -1.89. The van der Waals surface area contributed by atoms with Gasteiger partial charge in [-0.2, -0.15) is 0 Å². The van der Waals surface area contributed by atoms with E-state index in [1.54, 1.807) is 0 Å². The summed E-state index contributed by atoms with van der Waals surface area (Å²) in [6.07, 6.45) is 3.98. The summed E-state index contributed by atoms with van der Waals surface area (Å²) in [6.45, 7) is 5.98. The van der Waals surface area contributed by atoms with Crippen LogP contribution in [0.1, 0.15) is 17.0 Å². The highest BCUT2D eigenvalue weighted by molar-refractivity contribution is 5.85. The molecule has 18 heavy (non-hydrogen) atoms. The summed E-state index contributed by atoms with van der Waals surface area (Å²) in [5, 5.41) is 5.17. The minimum atomic E-state index is 0.835. The van der Waals surface area contributed by atoms with Crippen molar-refractivity contribution >= 4 is 11.0 Å². The summed E-state index contributed by atoms with van der Waals surface area (Å²) >= 11 is 0. The monoisotopic (exact) mass is 241 g/mol. The van der Waals surface area contributed by atoms with Crippen molar-refractivity contribution in [2.75, 3.05) is 0 Å². The molecule has 0 aliphatic carbocycles. The van der Waals surface area contributed by atoms with Crippen LogP contribution in [0.2, 0.25) is 0 Å². The SMILES string of the molecule is Cc1noc(C)c1-c1cnc2c(c1)c(C)cn2C. The molecule has 4 heteroatoms. The number of fused-ring (bicyclic) bond motifs is 1. The topological polar surface area (TPSA) is 43.9 Å². The predicted molar refractivity (Wildman–Crippen MR) is 70.4 cm³/mol. The van der Waals surface area contributed by atoms with Gasteiger partial charge in [0.2, 0.25) is 0 Å². The molecule has 3 heterocycles. The molecule has 0 spiro atoms. The molecule has 0 bridgehead atoms. The number of rotatable bonds is 1. The Bertz CT molecular complexity index is 717. The van der Waals surface area contributed by atoms with Gasteiger partial charge in [-0.05, 0) is 32.4 Å². The summed E-state index contributed by atoms with van der Waals surface area (Å²) in [5.41, 5.74) is 5.25. The summed E-state index contributed by atoms with van der Waals surface area (Å²) in [5.74, 6) is 0.835. The van der Waals surface area contributed by atoms with Crippen LogP contribution in [0.4, 0.5) is 0 Å². The first-order valence-electron chi connectivity index (χ1n) is 5.93. The van der Waals surface area contributed by atoms with Gasteiger partial charge in [0.15, 0.2) is 0 Å². The van der Waals surface area contributed by atoms with E-state index in [0.29, 0.717) is 0 Å². The first-order chi connectivity index (χ1) is 8.58. The molecular formula is C14H15N3O. The van der Waals surface area contributed by atoms with Crippen molar-refractivity contribution in [2.45, 2.75) is 20.8 Å². The number of aromatic nitrogens is 3. The molecule has 0 aliphatic rings. The van der Waals surface area contributed by atoms with Crippen LogP contribution in [0.25, 0.3) is 22.2 Å². The van der Waals surface area contributed by atoms with Crippen molar-refractivity contribution < 1.29 is 4.52 Å². The standard InChI is InChI=1S/C14H15N3O/c1-8-7-17(4)14-12(8)5-11(6-15-14)13-9(2)16-18-10(13)3/h5-7H,1-4H3. The molecule has 0 aliphatic heterocycles. The normalized spacial score (nSPS) is 11.3. The Morgan fingerprint density at radius 1 is 1.22 bits per heavy atom. The van der Waals surface area contributed by atoms with Gasteiger partial charge in [-0.25, -0.2) is 4.98 Å². The zero-order valence-electron chi connectivity index (χ0n) is 11.0. The lowest BCUT2D eigenvalue weighted by molar-refractivity contribution is 0.393. The van der Waals surface area contributed by atoms with Gasteiger partial charge in [0.1, 0.15) is 11.4 Å². The Kier molecular flexibility index (Phi) is 2.26. The average molecular weight is 241 g/mol. The number of pyridine rings is 1. The fraction of sp³-hybridized carbons (Fsp3) is 0.286. The molecule has 0 saturated carbocycles. The molecule has 0 saturated heterocycles. The van der Waals surface area contributed by atoms with Gasteiger partial charge in [-0.1, -0.05) is 5.16 Å². The zero-order valence-corrected chi connectivity index (χ0v) is 11.0. The van der Waals surface area contributed by atoms with Crippen molar-refractivity contribution in [3.8, 4) is 11.1 Å². The van der Waals surface area contributed by atoms with Crippen LogP contribution in [-0.2, 0) is 7.05 Å². The van der Waals surface area contributed by atoms with Crippen molar-refractivity contribution in [1.29, 1.82) is 0 Å². The predicted octanol–water partition coefficient (Wildman–Crippen LogP) is 3.15. The Labute approximate surface area is 105 Å².